The van der Waals surface area contributed by atoms with E-state index in [4.69, 9.17) is 25.8 Å². The number of amides is 1. The Kier molecular flexibility index (Phi) is 6.44. The summed E-state index contributed by atoms with van der Waals surface area (Å²) >= 11 is 6.08. The van der Waals surface area contributed by atoms with E-state index in [1.54, 1.807) is 0 Å². The zero-order valence-corrected chi connectivity index (χ0v) is 19.7. The number of hydrogen-bond donors (Lipinski definition) is 3. The third-order valence-corrected chi connectivity index (χ3v) is 7.16. The average Bonchev–Trinajstić information content (AvgIpc) is 3.30. The molecule has 1 atom stereocenters. The molecule has 2 aliphatic rings. The van der Waals surface area contributed by atoms with Crippen molar-refractivity contribution >= 4 is 34.2 Å². The summed E-state index contributed by atoms with van der Waals surface area (Å²) in [7, 11) is 1.52. The largest absolute Gasteiger partial charge is 0.358 e. The molecule has 2 fully saturated rings. The Balaban J connectivity index is 1.07. The molecule has 5 rings (SSSR count). The number of anilines is 1. The lowest BCUT2D eigenvalue weighted by Gasteiger charge is -2.53. The van der Waals surface area contributed by atoms with Gasteiger partial charge in [0.25, 0.3) is 5.91 Å². The summed E-state index contributed by atoms with van der Waals surface area (Å²) in [5.74, 6) is 1.05. The number of piperidine rings is 1. The SMILES string of the molecule is CNC(=O)c1cc(COC(O)NC2CC3(CCN(c4ccc5cc(Cl)ccc5n4)CC3)C2)on1. The van der Waals surface area contributed by atoms with Crippen molar-refractivity contribution in [3.63, 3.8) is 0 Å². The third-order valence-electron chi connectivity index (χ3n) is 6.92. The van der Waals surface area contributed by atoms with Crippen LogP contribution in [0.3, 0.4) is 0 Å². The van der Waals surface area contributed by atoms with Crippen LogP contribution in [0.4, 0.5) is 5.82 Å². The van der Waals surface area contributed by atoms with Crippen molar-refractivity contribution in [3.8, 4) is 0 Å². The van der Waals surface area contributed by atoms with Gasteiger partial charge in [0.2, 0.25) is 6.41 Å². The van der Waals surface area contributed by atoms with E-state index < -0.39 is 6.41 Å². The van der Waals surface area contributed by atoms with Crippen LogP contribution >= 0.6 is 11.6 Å². The highest BCUT2D eigenvalue weighted by Gasteiger charge is 2.46. The highest BCUT2D eigenvalue weighted by atomic mass is 35.5. The minimum atomic E-state index is -1.11. The number of pyridine rings is 1. The van der Waals surface area contributed by atoms with Crippen molar-refractivity contribution in [1.29, 1.82) is 0 Å². The summed E-state index contributed by atoms with van der Waals surface area (Å²) in [6.07, 6.45) is 3.11. The van der Waals surface area contributed by atoms with Crippen molar-refractivity contribution in [2.75, 3.05) is 25.0 Å². The van der Waals surface area contributed by atoms with Gasteiger partial charge in [0.05, 0.1) is 5.52 Å². The van der Waals surface area contributed by atoms with Crippen LogP contribution in [0.5, 0.6) is 0 Å². The van der Waals surface area contributed by atoms with Crippen molar-refractivity contribution in [1.82, 2.24) is 20.8 Å². The second-order valence-electron chi connectivity index (χ2n) is 9.19. The van der Waals surface area contributed by atoms with Gasteiger partial charge in [-0.3, -0.25) is 10.1 Å². The molecule has 0 bridgehead atoms. The number of benzene rings is 1. The fourth-order valence-electron chi connectivity index (χ4n) is 5.01. The Bertz CT molecular complexity index is 1170. The van der Waals surface area contributed by atoms with Crippen molar-refractivity contribution in [2.45, 2.75) is 44.7 Å². The number of fused-ring (bicyclic) bond motifs is 1. The first-order valence-electron chi connectivity index (χ1n) is 11.5. The summed E-state index contributed by atoms with van der Waals surface area (Å²) in [6, 6.07) is 11.6. The molecule has 1 aliphatic heterocycles. The number of carbonyl (C=O) groups excluding carboxylic acids is 1. The Morgan fingerprint density at radius 2 is 2.09 bits per heavy atom. The van der Waals surface area contributed by atoms with Crippen LogP contribution in [0.25, 0.3) is 10.9 Å². The topological polar surface area (TPSA) is 113 Å². The molecule has 1 aromatic carbocycles. The summed E-state index contributed by atoms with van der Waals surface area (Å²) < 4.78 is 10.5. The maximum atomic E-state index is 11.5. The van der Waals surface area contributed by atoms with Crippen LogP contribution in [-0.4, -0.2) is 53.7 Å². The molecular weight excluding hydrogens is 458 g/mol. The Labute approximate surface area is 202 Å². The number of hydrogen-bond acceptors (Lipinski definition) is 8. The molecule has 1 unspecified atom stereocenters. The monoisotopic (exact) mass is 485 g/mol. The second-order valence-corrected chi connectivity index (χ2v) is 9.62. The van der Waals surface area contributed by atoms with Gasteiger partial charge in [0.15, 0.2) is 11.5 Å². The lowest BCUT2D eigenvalue weighted by atomic mass is 9.60. The third kappa shape index (κ3) is 4.88. The van der Waals surface area contributed by atoms with Gasteiger partial charge >= 0.3 is 0 Å². The lowest BCUT2D eigenvalue weighted by molar-refractivity contribution is -0.150. The first-order valence-corrected chi connectivity index (χ1v) is 11.9. The fraction of sp³-hybridized carbons (Fsp3) is 0.458. The highest BCUT2D eigenvalue weighted by molar-refractivity contribution is 6.31. The van der Waals surface area contributed by atoms with Gasteiger partial charge in [0, 0.05) is 42.7 Å². The molecule has 2 aromatic heterocycles. The number of aliphatic hydroxyl groups is 1. The Hall–Kier alpha value is -2.72. The first kappa shape index (κ1) is 23.0. The molecule has 3 heterocycles. The van der Waals surface area contributed by atoms with E-state index in [1.807, 2.05) is 18.2 Å². The molecule has 3 N–H and O–H groups in total. The van der Waals surface area contributed by atoms with Crippen molar-refractivity contribution < 1.29 is 19.2 Å². The van der Waals surface area contributed by atoms with E-state index in [0.717, 1.165) is 60.5 Å². The predicted octanol–water partition coefficient (Wildman–Crippen LogP) is 3.07. The van der Waals surface area contributed by atoms with E-state index in [0.29, 0.717) is 11.2 Å². The summed E-state index contributed by atoms with van der Waals surface area (Å²) in [5, 5.41) is 21.2. The molecule has 180 valence electrons. The van der Waals surface area contributed by atoms with Crippen LogP contribution in [0.2, 0.25) is 5.02 Å². The maximum Gasteiger partial charge on any atom is 0.273 e. The van der Waals surface area contributed by atoms with E-state index in [2.05, 4.69) is 32.8 Å². The normalized spacial score (nSPS) is 18.7. The Morgan fingerprint density at radius 1 is 1.29 bits per heavy atom. The second kappa shape index (κ2) is 9.50. The molecule has 1 saturated heterocycles. The van der Waals surface area contributed by atoms with Gasteiger partial charge in [-0.15, -0.1) is 0 Å². The number of carbonyl (C=O) groups is 1. The molecule has 1 spiro atoms. The molecule has 10 heteroatoms. The highest BCUT2D eigenvalue weighted by Crippen LogP contribution is 2.49. The molecule has 1 amide bonds. The van der Waals surface area contributed by atoms with Gasteiger partial charge in [-0.2, -0.15) is 0 Å². The number of halogens is 1. The molecule has 0 radical (unpaired) electrons. The number of aromatic nitrogens is 2. The summed E-state index contributed by atoms with van der Waals surface area (Å²) in [5.41, 5.74) is 1.45. The first-order chi connectivity index (χ1) is 16.4. The molecule has 1 saturated carbocycles. The van der Waals surface area contributed by atoms with Crippen LogP contribution in [0.1, 0.15) is 41.9 Å². The number of ether oxygens (including phenoxy) is 1. The van der Waals surface area contributed by atoms with Gasteiger partial charge in [0.1, 0.15) is 12.4 Å². The van der Waals surface area contributed by atoms with E-state index >= 15 is 0 Å². The average molecular weight is 486 g/mol. The smallest absolute Gasteiger partial charge is 0.273 e. The lowest BCUT2D eigenvalue weighted by Crippen LogP contribution is -2.56. The molecule has 1 aliphatic carbocycles. The maximum absolute atomic E-state index is 11.5. The van der Waals surface area contributed by atoms with Crippen LogP contribution in [0, 0.1) is 5.41 Å². The number of rotatable bonds is 7. The van der Waals surface area contributed by atoms with Gasteiger partial charge in [-0.1, -0.05) is 16.8 Å². The number of aliphatic hydroxyl groups excluding tert-OH is 1. The quantitative estimate of drug-likeness (QED) is 0.438. The van der Waals surface area contributed by atoms with E-state index in [1.165, 1.54) is 13.1 Å². The minimum absolute atomic E-state index is 0.0238. The van der Waals surface area contributed by atoms with Crippen LogP contribution in [-0.2, 0) is 11.3 Å². The van der Waals surface area contributed by atoms with E-state index in [9.17, 15) is 9.90 Å². The summed E-state index contributed by atoms with van der Waals surface area (Å²) in [6.45, 7) is 1.96. The predicted molar refractivity (Wildman–Crippen MR) is 127 cm³/mol. The van der Waals surface area contributed by atoms with Gasteiger partial charge in [-0.25, -0.2) is 4.98 Å². The fourth-order valence-corrected chi connectivity index (χ4v) is 5.19. The molecule has 34 heavy (non-hydrogen) atoms. The van der Waals surface area contributed by atoms with Gasteiger partial charge < -0.3 is 24.6 Å². The molecule has 9 nitrogen and oxygen atoms in total. The van der Waals surface area contributed by atoms with Crippen LogP contribution in [0.15, 0.2) is 40.9 Å². The summed E-state index contributed by atoms with van der Waals surface area (Å²) in [4.78, 5) is 18.7. The van der Waals surface area contributed by atoms with Gasteiger partial charge in [-0.05, 0) is 61.4 Å². The zero-order chi connectivity index (χ0) is 23.7. The molecule has 3 aromatic rings. The van der Waals surface area contributed by atoms with Crippen LogP contribution < -0.4 is 15.5 Å². The zero-order valence-electron chi connectivity index (χ0n) is 19.0. The van der Waals surface area contributed by atoms with E-state index in [-0.39, 0.29) is 24.2 Å². The standard InChI is InChI=1S/C24H28ClN5O4/c1-26-22(31)20-11-18(34-29-20)14-33-23(32)27-17-12-24(13-17)6-8-30(9-7-24)21-5-2-15-10-16(25)3-4-19(15)28-21/h2-5,10-11,17,23,27,32H,6-9,12-14H2,1H3,(H,26,31). The van der Waals surface area contributed by atoms with Crippen molar-refractivity contribution in [3.05, 3.63) is 52.9 Å². The Morgan fingerprint density at radius 3 is 2.85 bits per heavy atom. The minimum Gasteiger partial charge on any atom is -0.358 e. The number of nitrogens with one attached hydrogen (secondary N) is 2. The van der Waals surface area contributed by atoms with Crippen molar-refractivity contribution in [2.24, 2.45) is 5.41 Å². The number of nitrogens with zero attached hydrogens (tertiary/aromatic N) is 3. The molecular formula is C24H28ClN5O4.